The molecule has 3 aromatic rings. The average molecular weight is 376 g/mol. The van der Waals surface area contributed by atoms with Crippen LogP contribution in [0.2, 0.25) is 0 Å². The Labute approximate surface area is 152 Å². The minimum absolute atomic E-state index is 0.230. The summed E-state index contributed by atoms with van der Waals surface area (Å²) >= 11 is 0. The van der Waals surface area contributed by atoms with E-state index in [1.807, 2.05) is 23.0 Å². The van der Waals surface area contributed by atoms with Gasteiger partial charge in [0, 0.05) is 49.1 Å². The number of pyridine rings is 1. The number of fused-ring (bicyclic) bond motifs is 1. The van der Waals surface area contributed by atoms with Gasteiger partial charge in [0.2, 0.25) is 0 Å². The Morgan fingerprint density at radius 2 is 2.00 bits per heavy atom. The molecule has 4 nitrogen and oxygen atoms in total. The van der Waals surface area contributed by atoms with E-state index in [2.05, 4.69) is 15.4 Å². The zero-order valence-electron chi connectivity index (χ0n) is 14.2. The molecule has 0 atom stereocenters. The van der Waals surface area contributed by atoms with Gasteiger partial charge in [0.05, 0.1) is 17.4 Å². The van der Waals surface area contributed by atoms with Gasteiger partial charge in [0.1, 0.15) is 5.82 Å². The molecule has 3 heterocycles. The van der Waals surface area contributed by atoms with Crippen LogP contribution in [0.25, 0.3) is 5.69 Å². The van der Waals surface area contributed by atoms with Crippen molar-refractivity contribution < 1.29 is 17.6 Å². The van der Waals surface area contributed by atoms with Gasteiger partial charge in [-0.05, 0) is 29.8 Å². The van der Waals surface area contributed by atoms with E-state index >= 15 is 0 Å². The van der Waals surface area contributed by atoms with Crippen LogP contribution in [0.3, 0.4) is 0 Å². The van der Waals surface area contributed by atoms with Crippen LogP contribution in [-0.2, 0) is 25.6 Å². The number of aromatic nitrogens is 3. The first kappa shape index (κ1) is 17.7. The van der Waals surface area contributed by atoms with E-state index in [0.29, 0.717) is 11.3 Å². The lowest BCUT2D eigenvalue weighted by Gasteiger charge is -2.15. The molecule has 8 heteroatoms. The monoisotopic (exact) mass is 376 g/mol. The molecule has 2 aromatic heterocycles. The first-order valence-electron chi connectivity index (χ1n) is 8.49. The lowest BCUT2D eigenvalue weighted by Crippen LogP contribution is -2.24. The molecule has 0 fully saturated rings. The predicted octanol–water partition coefficient (Wildman–Crippen LogP) is 3.66. The number of halogens is 4. The molecule has 0 aliphatic carbocycles. The zero-order chi connectivity index (χ0) is 19.0. The van der Waals surface area contributed by atoms with Gasteiger partial charge in [-0.25, -0.2) is 9.07 Å². The molecule has 0 saturated carbocycles. The number of alkyl halides is 3. The molecule has 0 spiro atoms. The van der Waals surface area contributed by atoms with Gasteiger partial charge < -0.3 is 5.32 Å². The molecule has 1 N–H and O–H groups in total. The summed E-state index contributed by atoms with van der Waals surface area (Å²) in [6, 6.07) is 6.61. The first-order chi connectivity index (χ1) is 12.9. The van der Waals surface area contributed by atoms with Crippen LogP contribution in [-0.4, -0.2) is 21.3 Å². The average Bonchev–Trinajstić information content (AvgIpc) is 3.05. The summed E-state index contributed by atoms with van der Waals surface area (Å²) in [5.74, 6) is -1.27. The summed E-state index contributed by atoms with van der Waals surface area (Å²) in [4.78, 5) is 4.26. The van der Waals surface area contributed by atoms with Crippen molar-refractivity contribution in [1.82, 2.24) is 20.1 Å². The number of hydrogen-bond acceptors (Lipinski definition) is 3. The summed E-state index contributed by atoms with van der Waals surface area (Å²) in [6.07, 6.45) is -0.160. The first-order valence-corrected chi connectivity index (χ1v) is 8.49. The molecular formula is C19H16F4N4. The fourth-order valence-electron chi connectivity index (χ4n) is 3.28. The maximum absolute atomic E-state index is 13.8. The summed E-state index contributed by atoms with van der Waals surface area (Å²) in [7, 11) is 0. The highest BCUT2D eigenvalue weighted by Crippen LogP contribution is 2.32. The molecule has 0 amide bonds. The van der Waals surface area contributed by atoms with Crippen LogP contribution >= 0.6 is 0 Å². The Kier molecular flexibility index (Phi) is 4.43. The van der Waals surface area contributed by atoms with Gasteiger partial charge in [-0.3, -0.25) is 4.98 Å². The van der Waals surface area contributed by atoms with Crippen molar-refractivity contribution in [3.05, 3.63) is 76.6 Å². The van der Waals surface area contributed by atoms with Gasteiger partial charge in [0.25, 0.3) is 0 Å². The number of benzene rings is 1. The molecule has 1 aliphatic heterocycles. The second-order valence-corrected chi connectivity index (χ2v) is 6.45. The third-order valence-electron chi connectivity index (χ3n) is 4.58. The largest absolute Gasteiger partial charge is 0.419 e. The number of hydrogen-bond donors (Lipinski definition) is 1. The quantitative estimate of drug-likeness (QED) is 0.710. The lowest BCUT2D eigenvalue weighted by molar-refractivity contribution is -0.140. The highest BCUT2D eigenvalue weighted by atomic mass is 19.4. The van der Waals surface area contributed by atoms with Crippen molar-refractivity contribution >= 4 is 0 Å². The van der Waals surface area contributed by atoms with Crippen LogP contribution in [0.1, 0.15) is 28.1 Å². The van der Waals surface area contributed by atoms with Crippen LogP contribution in [0, 0.1) is 5.82 Å². The van der Waals surface area contributed by atoms with E-state index < -0.39 is 17.6 Å². The van der Waals surface area contributed by atoms with Crippen molar-refractivity contribution in [2.45, 2.75) is 25.6 Å². The van der Waals surface area contributed by atoms with Gasteiger partial charge in [-0.15, -0.1) is 0 Å². The third kappa shape index (κ3) is 3.57. The molecule has 0 bridgehead atoms. The molecule has 27 heavy (non-hydrogen) atoms. The lowest BCUT2D eigenvalue weighted by atomic mass is 10.1. The number of rotatable bonds is 3. The Morgan fingerprint density at radius 3 is 2.78 bits per heavy atom. The Morgan fingerprint density at radius 1 is 1.15 bits per heavy atom. The van der Waals surface area contributed by atoms with E-state index in [9.17, 15) is 17.6 Å². The van der Waals surface area contributed by atoms with Gasteiger partial charge in [0.15, 0.2) is 0 Å². The van der Waals surface area contributed by atoms with Crippen molar-refractivity contribution in [1.29, 1.82) is 0 Å². The fraction of sp³-hybridized carbons (Fsp3) is 0.263. The maximum Gasteiger partial charge on any atom is 0.419 e. The Hall–Kier alpha value is -2.74. The Balaban J connectivity index is 1.60. The normalized spacial score (nSPS) is 14.2. The van der Waals surface area contributed by atoms with E-state index in [0.717, 1.165) is 48.6 Å². The zero-order valence-corrected chi connectivity index (χ0v) is 14.2. The van der Waals surface area contributed by atoms with Gasteiger partial charge in [-0.1, -0.05) is 6.07 Å². The maximum atomic E-state index is 13.8. The topological polar surface area (TPSA) is 42.7 Å². The van der Waals surface area contributed by atoms with Crippen molar-refractivity contribution in [3.63, 3.8) is 0 Å². The molecule has 4 rings (SSSR count). The van der Waals surface area contributed by atoms with Crippen molar-refractivity contribution in [2.75, 3.05) is 6.54 Å². The molecule has 1 aromatic carbocycles. The summed E-state index contributed by atoms with van der Waals surface area (Å²) in [5.41, 5.74) is 2.90. The SMILES string of the molecule is Fc1cc(Cc2cc(-n3ncc4c3CCNC4)ccn2)ccc1C(F)(F)F. The molecule has 140 valence electrons. The van der Waals surface area contributed by atoms with Crippen LogP contribution in [0.15, 0.2) is 42.7 Å². The van der Waals surface area contributed by atoms with E-state index in [-0.39, 0.29) is 6.42 Å². The van der Waals surface area contributed by atoms with E-state index in [4.69, 9.17) is 0 Å². The molecule has 0 radical (unpaired) electrons. The van der Waals surface area contributed by atoms with Crippen LogP contribution in [0.4, 0.5) is 17.6 Å². The Bertz CT molecular complexity index is 978. The molecule has 0 unspecified atom stereocenters. The highest BCUT2D eigenvalue weighted by Gasteiger charge is 2.33. The molecular weight excluding hydrogens is 360 g/mol. The highest BCUT2D eigenvalue weighted by molar-refractivity contribution is 5.38. The summed E-state index contributed by atoms with van der Waals surface area (Å²) < 4.78 is 53.7. The minimum Gasteiger partial charge on any atom is -0.312 e. The third-order valence-corrected chi connectivity index (χ3v) is 4.58. The van der Waals surface area contributed by atoms with Gasteiger partial charge in [-0.2, -0.15) is 18.3 Å². The van der Waals surface area contributed by atoms with Crippen LogP contribution < -0.4 is 5.32 Å². The number of nitrogens with zero attached hydrogens (tertiary/aromatic N) is 3. The second kappa shape index (κ2) is 6.77. The number of nitrogens with one attached hydrogen (secondary N) is 1. The van der Waals surface area contributed by atoms with Crippen molar-refractivity contribution in [3.8, 4) is 5.69 Å². The van der Waals surface area contributed by atoms with E-state index in [1.165, 1.54) is 6.07 Å². The molecule has 1 aliphatic rings. The van der Waals surface area contributed by atoms with Crippen molar-refractivity contribution in [2.24, 2.45) is 0 Å². The smallest absolute Gasteiger partial charge is 0.312 e. The second-order valence-electron chi connectivity index (χ2n) is 6.45. The van der Waals surface area contributed by atoms with E-state index in [1.54, 1.807) is 6.20 Å². The summed E-state index contributed by atoms with van der Waals surface area (Å²) in [6.45, 7) is 1.65. The fourth-order valence-corrected chi connectivity index (χ4v) is 3.28. The molecule has 0 saturated heterocycles. The predicted molar refractivity (Wildman–Crippen MR) is 91.0 cm³/mol. The minimum atomic E-state index is -4.70. The van der Waals surface area contributed by atoms with Gasteiger partial charge >= 0.3 is 6.18 Å². The van der Waals surface area contributed by atoms with Crippen LogP contribution in [0.5, 0.6) is 0 Å². The standard InChI is InChI=1S/C19H16F4N4/c20-17-8-12(1-2-16(17)19(21,22)23)7-14-9-15(3-6-25-14)27-18-4-5-24-10-13(18)11-26-27/h1-3,6,8-9,11,24H,4-5,7,10H2. The summed E-state index contributed by atoms with van der Waals surface area (Å²) in [5, 5.41) is 7.72.